The van der Waals surface area contributed by atoms with Gasteiger partial charge in [0, 0.05) is 6.07 Å². The third-order valence-corrected chi connectivity index (χ3v) is 1.61. The average molecular weight is 177 g/mol. The Morgan fingerprint density at radius 1 is 1.69 bits per heavy atom. The van der Waals surface area contributed by atoms with Gasteiger partial charge in [0.05, 0.1) is 11.3 Å². The van der Waals surface area contributed by atoms with Crippen LogP contribution >= 0.6 is 0 Å². The predicted molar refractivity (Wildman–Crippen MR) is 48.1 cm³/mol. The van der Waals surface area contributed by atoms with E-state index in [0.717, 1.165) is 0 Å². The summed E-state index contributed by atoms with van der Waals surface area (Å²) in [5.74, 6) is 0.422. The van der Waals surface area contributed by atoms with Gasteiger partial charge in [-0.25, -0.2) is 5.10 Å². The lowest BCUT2D eigenvalue weighted by Gasteiger charge is -2.03. The summed E-state index contributed by atoms with van der Waals surface area (Å²) < 4.78 is 0. The molecular formula is C9H11N3O. The van der Waals surface area contributed by atoms with E-state index in [0.29, 0.717) is 23.6 Å². The molecule has 4 heteroatoms. The Morgan fingerprint density at radius 3 is 2.92 bits per heavy atom. The molecule has 1 aromatic heterocycles. The molecule has 68 valence electrons. The minimum atomic E-state index is -0.330. The van der Waals surface area contributed by atoms with Gasteiger partial charge in [-0.1, -0.05) is 13.8 Å². The summed E-state index contributed by atoms with van der Waals surface area (Å²) in [4.78, 5) is 10.8. The summed E-state index contributed by atoms with van der Waals surface area (Å²) >= 11 is 0. The van der Waals surface area contributed by atoms with E-state index in [1.807, 2.05) is 19.9 Å². The van der Waals surface area contributed by atoms with Crippen molar-refractivity contribution in [3.63, 3.8) is 0 Å². The highest BCUT2D eigenvalue weighted by Crippen LogP contribution is 2.07. The predicted octanol–water partition coefficient (Wildman–Crippen LogP) is 0.840. The molecule has 0 aliphatic rings. The second-order valence-electron chi connectivity index (χ2n) is 3.30. The summed E-state index contributed by atoms with van der Waals surface area (Å²) in [5.41, 5.74) is 0.707. The van der Waals surface area contributed by atoms with Gasteiger partial charge in [0.1, 0.15) is 6.07 Å². The lowest BCUT2D eigenvalue weighted by Crippen LogP contribution is -2.12. The van der Waals surface area contributed by atoms with Gasteiger partial charge in [-0.2, -0.15) is 10.4 Å². The van der Waals surface area contributed by atoms with Gasteiger partial charge in [0.15, 0.2) is 0 Å². The van der Waals surface area contributed by atoms with Gasteiger partial charge in [0.25, 0.3) is 5.56 Å². The Hall–Kier alpha value is -1.63. The van der Waals surface area contributed by atoms with Crippen molar-refractivity contribution in [1.29, 1.82) is 5.26 Å². The van der Waals surface area contributed by atoms with Crippen molar-refractivity contribution in [2.24, 2.45) is 5.92 Å². The molecule has 0 aliphatic heterocycles. The van der Waals surface area contributed by atoms with Crippen LogP contribution in [0.5, 0.6) is 0 Å². The fourth-order valence-electron chi connectivity index (χ4n) is 1.07. The first kappa shape index (κ1) is 9.46. The molecule has 13 heavy (non-hydrogen) atoms. The van der Waals surface area contributed by atoms with Crippen LogP contribution in [0.4, 0.5) is 0 Å². The van der Waals surface area contributed by atoms with Crippen LogP contribution in [0.3, 0.4) is 0 Å². The monoisotopic (exact) mass is 177 g/mol. The molecule has 0 spiro atoms. The van der Waals surface area contributed by atoms with Crippen molar-refractivity contribution in [3.8, 4) is 6.07 Å². The van der Waals surface area contributed by atoms with Gasteiger partial charge in [-0.3, -0.25) is 4.79 Å². The van der Waals surface area contributed by atoms with Gasteiger partial charge in [0.2, 0.25) is 0 Å². The maximum absolute atomic E-state index is 10.8. The number of nitrogens with zero attached hydrogens (tertiary/aromatic N) is 2. The normalized spacial score (nSPS) is 10.0. The van der Waals surface area contributed by atoms with Crippen molar-refractivity contribution in [3.05, 3.63) is 27.7 Å². The zero-order valence-electron chi connectivity index (χ0n) is 7.66. The zero-order valence-corrected chi connectivity index (χ0v) is 7.66. The van der Waals surface area contributed by atoms with Gasteiger partial charge in [-0.05, 0) is 12.3 Å². The summed E-state index contributed by atoms with van der Waals surface area (Å²) in [7, 11) is 0. The lowest BCUT2D eigenvalue weighted by molar-refractivity contribution is 0.625. The van der Waals surface area contributed by atoms with Crippen LogP contribution < -0.4 is 5.56 Å². The van der Waals surface area contributed by atoms with E-state index in [2.05, 4.69) is 10.2 Å². The van der Waals surface area contributed by atoms with Gasteiger partial charge >= 0.3 is 0 Å². The number of rotatable bonds is 2. The fourth-order valence-corrected chi connectivity index (χ4v) is 1.07. The van der Waals surface area contributed by atoms with Gasteiger partial charge < -0.3 is 0 Å². The number of hydrogen-bond donors (Lipinski definition) is 1. The number of H-pyrrole nitrogens is 1. The Balaban J connectivity index is 3.08. The van der Waals surface area contributed by atoms with Crippen LogP contribution in [-0.4, -0.2) is 10.2 Å². The largest absolute Gasteiger partial charge is 0.268 e. The second kappa shape index (κ2) is 3.85. The molecule has 0 amide bonds. The fraction of sp³-hybridized carbons (Fsp3) is 0.444. The number of hydrogen-bond acceptors (Lipinski definition) is 3. The Bertz CT molecular complexity index is 387. The summed E-state index contributed by atoms with van der Waals surface area (Å²) in [6, 6.07) is 3.24. The molecule has 0 unspecified atom stereocenters. The van der Waals surface area contributed by atoms with Crippen molar-refractivity contribution in [2.45, 2.75) is 20.3 Å². The SMILES string of the molecule is CC(C)Cc1n[nH]c(=O)cc1C#N. The molecule has 1 N–H and O–H groups in total. The number of nitrogens with one attached hydrogen (secondary N) is 1. The molecule has 4 nitrogen and oxygen atoms in total. The van der Waals surface area contributed by atoms with Crippen molar-refractivity contribution in [1.82, 2.24) is 10.2 Å². The quantitative estimate of drug-likeness (QED) is 0.727. The summed E-state index contributed by atoms with van der Waals surface area (Å²) in [6.45, 7) is 4.07. The molecule has 0 aliphatic carbocycles. The van der Waals surface area contributed by atoms with E-state index < -0.39 is 0 Å². The minimum absolute atomic E-state index is 0.330. The van der Waals surface area contributed by atoms with Crippen molar-refractivity contribution >= 4 is 0 Å². The van der Waals surface area contributed by atoms with Crippen LogP contribution in [0, 0.1) is 17.2 Å². The van der Waals surface area contributed by atoms with Crippen LogP contribution in [0.2, 0.25) is 0 Å². The Morgan fingerprint density at radius 2 is 2.38 bits per heavy atom. The molecule has 0 atom stereocenters. The van der Waals surface area contributed by atoms with E-state index >= 15 is 0 Å². The van der Waals surface area contributed by atoms with Gasteiger partial charge in [-0.15, -0.1) is 0 Å². The van der Waals surface area contributed by atoms with Crippen molar-refractivity contribution in [2.75, 3.05) is 0 Å². The Kier molecular flexibility index (Phi) is 2.80. The first-order valence-corrected chi connectivity index (χ1v) is 4.12. The maximum atomic E-state index is 10.8. The minimum Gasteiger partial charge on any atom is -0.268 e. The molecule has 0 aromatic carbocycles. The third-order valence-electron chi connectivity index (χ3n) is 1.61. The third kappa shape index (κ3) is 2.41. The number of aromatic nitrogens is 2. The van der Waals surface area contributed by atoms with E-state index in [4.69, 9.17) is 5.26 Å². The summed E-state index contributed by atoms with van der Waals surface area (Å²) in [6.07, 6.45) is 0.708. The molecule has 0 saturated heterocycles. The summed E-state index contributed by atoms with van der Waals surface area (Å²) in [5, 5.41) is 14.9. The van der Waals surface area contributed by atoms with Crippen LogP contribution in [0.1, 0.15) is 25.1 Å². The molecule has 0 bridgehead atoms. The molecule has 1 aromatic rings. The standard InChI is InChI=1S/C9H11N3O/c1-6(2)3-8-7(5-10)4-9(13)12-11-8/h4,6H,3H2,1-2H3,(H,12,13). The first-order valence-electron chi connectivity index (χ1n) is 4.12. The molecule has 0 radical (unpaired) electrons. The smallest absolute Gasteiger partial charge is 0.265 e. The topological polar surface area (TPSA) is 69.5 Å². The second-order valence-corrected chi connectivity index (χ2v) is 3.30. The highest BCUT2D eigenvalue weighted by atomic mass is 16.1. The van der Waals surface area contributed by atoms with Crippen LogP contribution in [0.15, 0.2) is 10.9 Å². The van der Waals surface area contributed by atoms with Crippen molar-refractivity contribution < 1.29 is 0 Å². The first-order chi connectivity index (χ1) is 6.13. The molecule has 0 fully saturated rings. The van der Waals surface area contributed by atoms with Crippen LogP contribution in [-0.2, 0) is 6.42 Å². The van der Waals surface area contributed by atoms with E-state index in [9.17, 15) is 4.79 Å². The molecule has 1 heterocycles. The van der Waals surface area contributed by atoms with Crippen LogP contribution in [0.25, 0.3) is 0 Å². The van der Waals surface area contributed by atoms with E-state index in [-0.39, 0.29) is 5.56 Å². The highest BCUT2D eigenvalue weighted by Gasteiger charge is 2.06. The van der Waals surface area contributed by atoms with E-state index in [1.165, 1.54) is 6.07 Å². The Labute approximate surface area is 76.2 Å². The molecule has 1 rings (SSSR count). The highest BCUT2D eigenvalue weighted by molar-refractivity contribution is 5.31. The average Bonchev–Trinajstić information content (AvgIpc) is 2.07. The maximum Gasteiger partial charge on any atom is 0.265 e. The zero-order chi connectivity index (χ0) is 9.84. The number of aromatic amines is 1. The lowest BCUT2D eigenvalue weighted by atomic mass is 10.0. The molecular weight excluding hydrogens is 166 g/mol. The van der Waals surface area contributed by atoms with E-state index in [1.54, 1.807) is 0 Å². The number of nitriles is 1. The molecule has 0 saturated carbocycles.